The summed E-state index contributed by atoms with van der Waals surface area (Å²) in [7, 11) is 0. The molecule has 1 fully saturated rings. The first-order valence-corrected chi connectivity index (χ1v) is 10.2. The number of rotatable bonds is 5. The van der Waals surface area contributed by atoms with E-state index in [0.29, 0.717) is 17.5 Å². The van der Waals surface area contributed by atoms with Crippen LogP contribution in [0.5, 0.6) is 11.5 Å². The van der Waals surface area contributed by atoms with E-state index in [4.69, 9.17) is 16.3 Å². The molecule has 4 rings (SSSR count). The minimum Gasteiger partial charge on any atom is -0.508 e. The number of hydrogen-bond acceptors (Lipinski definition) is 2. The topological polar surface area (TPSA) is 29.5 Å². The first kappa shape index (κ1) is 18.9. The predicted octanol–water partition coefficient (Wildman–Crippen LogP) is 7.15. The summed E-state index contributed by atoms with van der Waals surface area (Å²) in [6.07, 6.45) is 7.52. The fourth-order valence-corrected chi connectivity index (χ4v) is 3.96. The fraction of sp³-hybridized carbons (Fsp3) is 0.240. The van der Waals surface area contributed by atoms with Crippen LogP contribution in [0.25, 0.3) is 11.1 Å². The second kappa shape index (κ2) is 8.70. The fourth-order valence-electron chi connectivity index (χ4n) is 3.83. The van der Waals surface area contributed by atoms with Crippen molar-refractivity contribution in [1.29, 1.82) is 0 Å². The molecule has 28 heavy (non-hydrogen) atoms. The summed E-state index contributed by atoms with van der Waals surface area (Å²) in [4.78, 5) is 0. The molecular formula is C25H24ClO2. The van der Waals surface area contributed by atoms with Gasteiger partial charge in [0.2, 0.25) is 0 Å². The minimum absolute atomic E-state index is 0.236. The Hall–Kier alpha value is -2.45. The van der Waals surface area contributed by atoms with Crippen LogP contribution in [0.15, 0.2) is 66.7 Å². The Labute approximate surface area is 171 Å². The van der Waals surface area contributed by atoms with Gasteiger partial charge in [0.15, 0.2) is 0 Å². The molecule has 3 aromatic rings. The van der Waals surface area contributed by atoms with Gasteiger partial charge in [-0.25, -0.2) is 0 Å². The maximum Gasteiger partial charge on any atom is 0.119 e. The van der Waals surface area contributed by atoms with Gasteiger partial charge in [0.25, 0.3) is 0 Å². The van der Waals surface area contributed by atoms with Crippen LogP contribution in [-0.4, -0.2) is 5.11 Å². The Balaban J connectivity index is 1.48. The molecule has 0 aliphatic heterocycles. The van der Waals surface area contributed by atoms with Crippen molar-refractivity contribution < 1.29 is 9.84 Å². The van der Waals surface area contributed by atoms with E-state index >= 15 is 0 Å². The average Bonchev–Trinajstić information content (AvgIpc) is 2.74. The molecule has 2 nitrogen and oxygen atoms in total. The first-order valence-electron chi connectivity index (χ1n) is 9.83. The number of hydrogen-bond donors (Lipinski definition) is 1. The lowest BCUT2D eigenvalue weighted by Gasteiger charge is -2.21. The largest absolute Gasteiger partial charge is 0.508 e. The van der Waals surface area contributed by atoms with Crippen LogP contribution < -0.4 is 4.74 Å². The molecule has 3 heteroatoms. The summed E-state index contributed by atoms with van der Waals surface area (Å²) in [5.74, 6) is 1.65. The van der Waals surface area contributed by atoms with E-state index in [1.807, 2.05) is 42.5 Å². The molecule has 0 aromatic heterocycles. The van der Waals surface area contributed by atoms with Crippen LogP contribution in [0.2, 0.25) is 5.02 Å². The highest BCUT2D eigenvalue weighted by Crippen LogP contribution is 2.33. The molecule has 3 aromatic carbocycles. The van der Waals surface area contributed by atoms with Crippen LogP contribution in [-0.2, 0) is 6.61 Å². The summed E-state index contributed by atoms with van der Waals surface area (Å²) in [6.45, 7) is 0.390. The molecule has 0 spiro atoms. The normalized spacial score (nSPS) is 14.8. The van der Waals surface area contributed by atoms with Crippen molar-refractivity contribution in [2.24, 2.45) is 0 Å². The van der Waals surface area contributed by atoms with Crippen molar-refractivity contribution in [3.05, 3.63) is 89.3 Å². The third-order valence-corrected chi connectivity index (χ3v) is 5.62. The van der Waals surface area contributed by atoms with Gasteiger partial charge in [0.05, 0.1) is 0 Å². The third kappa shape index (κ3) is 4.51. The molecule has 1 saturated carbocycles. The van der Waals surface area contributed by atoms with Crippen molar-refractivity contribution in [1.82, 2.24) is 0 Å². The van der Waals surface area contributed by atoms with Gasteiger partial charge in [-0.2, -0.15) is 0 Å². The van der Waals surface area contributed by atoms with E-state index in [-0.39, 0.29) is 5.75 Å². The van der Waals surface area contributed by atoms with Crippen molar-refractivity contribution in [3.63, 3.8) is 0 Å². The summed E-state index contributed by atoms with van der Waals surface area (Å²) < 4.78 is 6.03. The van der Waals surface area contributed by atoms with Crippen LogP contribution in [0.1, 0.15) is 42.7 Å². The Morgan fingerprint density at radius 1 is 0.929 bits per heavy atom. The second-order valence-corrected chi connectivity index (χ2v) is 7.77. The van der Waals surface area contributed by atoms with Gasteiger partial charge in [-0.05, 0) is 78.3 Å². The smallest absolute Gasteiger partial charge is 0.119 e. The summed E-state index contributed by atoms with van der Waals surface area (Å²) in [6, 6.07) is 21.5. The van der Waals surface area contributed by atoms with Crippen LogP contribution in [0.3, 0.4) is 0 Å². The van der Waals surface area contributed by atoms with Crippen LogP contribution in [0, 0.1) is 6.42 Å². The number of halogens is 1. The summed E-state index contributed by atoms with van der Waals surface area (Å²) >= 11 is 6.01. The zero-order valence-electron chi connectivity index (χ0n) is 15.8. The molecule has 1 aliphatic rings. The van der Waals surface area contributed by atoms with E-state index in [9.17, 15) is 5.11 Å². The van der Waals surface area contributed by atoms with E-state index in [1.165, 1.54) is 31.2 Å². The Morgan fingerprint density at radius 3 is 2.43 bits per heavy atom. The van der Waals surface area contributed by atoms with Gasteiger partial charge >= 0.3 is 0 Å². The van der Waals surface area contributed by atoms with E-state index in [0.717, 1.165) is 22.4 Å². The van der Waals surface area contributed by atoms with Gasteiger partial charge in [0, 0.05) is 10.6 Å². The summed E-state index contributed by atoms with van der Waals surface area (Å²) in [5.41, 5.74) is 4.38. The minimum atomic E-state index is 0.236. The summed E-state index contributed by atoms with van der Waals surface area (Å²) in [5, 5.41) is 10.6. The number of aromatic hydroxyl groups is 1. The zero-order chi connectivity index (χ0) is 19.3. The Bertz CT molecular complexity index is 910. The van der Waals surface area contributed by atoms with Crippen molar-refractivity contribution in [3.8, 4) is 22.6 Å². The maximum atomic E-state index is 9.93. The van der Waals surface area contributed by atoms with Crippen molar-refractivity contribution >= 4 is 11.6 Å². The zero-order valence-corrected chi connectivity index (χ0v) is 16.5. The number of phenols is 1. The SMILES string of the molecule is Oc1ccc(-c2ccc(Cl)cc2)c(COc2ccc(C3[CH]CCCC3)cc2)c1. The molecular weight excluding hydrogens is 368 g/mol. The molecule has 1 atom stereocenters. The quantitative estimate of drug-likeness (QED) is 0.500. The van der Waals surface area contributed by atoms with Gasteiger partial charge in [0.1, 0.15) is 18.1 Å². The van der Waals surface area contributed by atoms with E-state index in [2.05, 4.69) is 18.6 Å². The van der Waals surface area contributed by atoms with Gasteiger partial charge in [-0.1, -0.05) is 54.8 Å². The van der Waals surface area contributed by atoms with Crippen molar-refractivity contribution in [2.75, 3.05) is 0 Å². The molecule has 1 N–H and O–H groups in total. The predicted molar refractivity (Wildman–Crippen MR) is 115 cm³/mol. The molecule has 0 heterocycles. The Morgan fingerprint density at radius 2 is 1.71 bits per heavy atom. The highest BCUT2D eigenvalue weighted by Gasteiger charge is 2.15. The van der Waals surface area contributed by atoms with E-state index in [1.54, 1.807) is 12.1 Å². The molecule has 1 unspecified atom stereocenters. The molecule has 1 aliphatic carbocycles. The lowest BCUT2D eigenvalue weighted by Crippen LogP contribution is -2.05. The van der Waals surface area contributed by atoms with Crippen molar-refractivity contribution in [2.45, 2.75) is 38.2 Å². The van der Waals surface area contributed by atoms with Gasteiger partial charge in [-0.15, -0.1) is 0 Å². The molecule has 0 bridgehead atoms. The molecule has 0 amide bonds. The first-order chi connectivity index (χ1) is 13.7. The van der Waals surface area contributed by atoms with Gasteiger partial charge < -0.3 is 9.84 Å². The standard InChI is InChI=1S/C25H24ClO2/c26-22-10-6-20(7-11-22)25-15-12-23(27)16-21(25)17-28-24-13-8-19(9-14-24)18-4-2-1-3-5-18/h4,6-16,18,27H,1-3,5,17H2. The maximum absolute atomic E-state index is 9.93. The van der Waals surface area contributed by atoms with Crippen LogP contribution in [0.4, 0.5) is 0 Å². The Kier molecular flexibility index (Phi) is 5.87. The number of phenolic OH excluding ortho intramolecular Hbond substituents is 1. The average molecular weight is 392 g/mol. The molecule has 0 saturated heterocycles. The number of ether oxygens (including phenoxy) is 1. The lowest BCUT2D eigenvalue weighted by atomic mass is 9.84. The number of benzene rings is 3. The van der Waals surface area contributed by atoms with E-state index < -0.39 is 0 Å². The third-order valence-electron chi connectivity index (χ3n) is 5.37. The molecule has 143 valence electrons. The highest BCUT2D eigenvalue weighted by atomic mass is 35.5. The highest BCUT2D eigenvalue weighted by molar-refractivity contribution is 6.30. The lowest BCUT2D eigenvalue weighted by molar-refractivity contribution is 0.306. The monoisotopic (exact) mass is 391 g/mol. The molecule has 1 radical (unpaired) electrons. The second-order valence-electron chi connectivity index (χ2n) is 7.33. The van der Waals surface area contributed by atoms with Crippen LogP contribution >= 0.6 is 11.6 Å². The van der Waals surface area contributed by atoms with Gasteiger partial charge in [-0.3, -0.25) is 0 Å².